The zero-order valence-corrected chi connectivity index (χ0v) is 21.2. The number of ether oxygens (including phenoxy) is 1. The summed E-state index contributed by atoms with van der Waals surface area (Å²) in [6.45, 7) is -0.431. The summed E-state index contributed by atoms with van der Waals surface area (Å²) in [6.07, 6.45) is 1.44. The van der Waals surface area contributed by atoms with E-state index in [0.717, 1.165) is 4.90 Å². The average molecular weight is 556 g/mol. The lowest BCUT2D eigenvalue weighted by Gasteiger charge is -2.13. The molecule has 7 nitrogen and oxygen atoms in total. The molecule has 1 heterocycles. The molecule has 0 bridgehead atoms. The molecule has 3 aromatic rings. The minimum Gasteiger partial charge on any atom is -0.486 e. The molecule has 1 saturated heterocycles. The molecule has 0 saturated carbocycles. The minimum atomic E-state index is -0.648. The molecule has 0 aromatic heterocycles. The predicted octanol–water partition coefficient (Wildman–Crippen LogP) is 6.26. The Balaban J connectivity index is 1.45. The Kier molecular flexibility index (Phi) is 8.14. The molecule has 11 heteroatoms. The minimum absolute atomic E-state index is 0.0708. The van der Waals surface area contributed by atoms with Gasteiger partial charge in [-0.3, -0.25) is 19.3 Å². The van der Waals surface area contributed by atoms with Gasteiger partial charge in [0.15, 0.2) is 5.75 Å². The molecule has 186 valence electrons. The summed E-state index contributed by atoms with van der Waals surface area (Å²) in [5.41, 5.74) is 1.91. The van der Waals surface area contributed by atoms with Crippen LogP contribution in [0.2, 0.25) is 10.0 Å². The van der Waals surface area contributed by atoms with Crippen molar-refractivity contribution in [2.45, 2.75) is 6.61 Å². The van der Waals surface area contributed by atoms with Crippen LogP contribution in [0.1, 0.15) is 16.7 Å². The summed E-state index contributed by atoms with van der Waals surface area (Å²) >= 11 is 13.4. The van der Waals surface area contributed by atoms with E-state index in [-0.39, 0.29) is 27.3 Å². The first-order valence-corrected chi connectivity index (χ1v) is 12.2. The van der Waals surface area contributed by atoms with Crippen LogP contribution in [-0.4, -0.2) is 28.5 Å². The van der Waals surface area contributed by atoms with E-state index in [1.54, 1.807) is 24.3 Å². The summed E-state index contributed by atoms with van der Waals surface area (Å²) in [4.78, 5) is 38.3. The molecule has 0 atom stereocenters. The summed E-state index contributed by atoms with van der Waals surface area (Å²) < 4.78 is 18.8. The maximum atomic E-state index is 13.0. The van der Waals surface area contributed by atoms with Crippen LogP contribution in [0, 0.1) is 17.1 Å². The van der Waals surface area contributed by atoms with E-state index < -0.39 is 29.4 Å². The Hall–Kier alpha value is -3.84. The molecule has 1 fully saturated rings. The van der Waals surface area contributed by atoms with Gasteiger partial charge in [0.05, 0.1) is 26.6 Å². The molecule has 0 radical (unpaired) electrons. The summed E-state index contributed by atoms with van der Waals surface area (Å²) in [5.74, 6) is -1.51. The van der Waals surface area contributed by atoms with Crippen LogP contribution in [0.3, 0.4) is 0 Å². The van der Waals surface area contributed by atoms with Crippen molar-refractivity contribution in [1.82, 2.24) is 4.90 Å². The molecule has 37 heavy (non-hydrogen) atoms. The molecular weight excluding hydrogens is 540 g/mol. The SMILES string of the molecule is N#Cc1ccccc1COc1c(Cl)cc(/C=C2\SC(=O)N(CC(=O)Nc3ccc(F)cc3)C2=O)cc1Cl. The smallest absolute Gasteiger partial charge is 0.294 e. The lowest BCUT2D eigenvalue weighted by molar-refractivity contribution is -0.127. The molecule has 4 rings (SSSR count). The van der Waals surface area contributed by atoms with Crippen molar-refractivity contribution in [2.75, 3.05) is 11.9 Å². The van der Waals surface area contributed by atoms with Gasteiger partial charge in [-0.2, -0.15) is 5.26 Å². The maximum absolute atomic E-state index is 13.0. The van der Waals surface area contributed by atoms with E-state index in [1.165, 1.54) is 42.5 Å². The highest BCUT2D eigenvalue weighted by molar-refractivity contribution is 8.18. The van der Waals surface area contributed by atoms with E-state index in [1.807, 2.05) is 0 Å². The van der Waals surface area contributed by atoms with Gasteiger partial charge in [-0.25, -0.2) is 4.39 Å². The highest BCUT2D eigenvalue weighted by atomic mass is 35.5. The van der Waals surface area contributed by atoms with Crippen molar-refractivity contribution in [3.8, 4) is 11.8 Å². The number of rotatable bonds is 7. The Labute approximate surface area is 225 Å². The number of anilines is 1. The zero-order chi connectivity index (χ0) is 26.5. The first-order valence-electron chi connectivity index (χ1n) is 10.7. The Morgan fingerprint density at radius 1 is 1.11 bits per heavy atom. The second-order valence-corrected chi connectivity index (χ2v) is 9.50. The van der Waals surface area contributed by atoms with Gasteiger partial charge in [0, 0.05) is 11.3 Å². The standard InChI is InChI=1S/C26H16Cl2FN3O4S/c27-20-9-15(10-21(28)24(20)36-14-17-4-2-1-3-16(17)12-30)11-22-25(34)32(26(35)37-22)13-23(33)31-19-7-5-18(29)6-8-19/h1-11H,13-14H2,(H,31,33)/b22-11-. The van der Waals surface area contributed by atoms with E-state index in [0.29, 0.717) is 34.1 Å². The number of nitrogens with zero attached hydrogens (tertiary/aromatic N) is 2. The van der Waals surface area contributed by atoms with Gasteiger partial charge in [0.1, 0.15) is 19.0 Å². The molecule has 1 aliphatic heterocycles. The normalized spacial score (nSPS) is 14.1. The number of hydrogen-bond donors (Lipinski definition) is 1. The Morgan fingerprint density at radius 3 is 2.46 bits per heavy atom. The third kappa shape index (κ3) is 6.30. The van der Waals surface area contributed by atoms with Gasteiger partial charge in [0.2, 0.25) is 5.91 Å². The third-order valence-electron chi connectivity index (χ3n) is 5.13. The summed E-state index contributed by atoms with van der Waals surface area (Å²) in [5, 5.41) is 11.5. The van der Waals surface area contributed by atoms with E-state index in [9.17, 15) is 24.0 Å². The van der Waals surface area contributed by atoms with Gasteiger partial charge in [0.25, 0.3) is 11.1 Å². The quantitative estimate of drug-likeness (QED) is 0.345. The van der Waals surface area contributed by atoms with Crippen LogP contribution in [0.5, 0.6) is 5.75 Å². The van der Waals surface area contributed by atoms with Crippen LogP contribution >= 0.6 is 35.0 Å². The number of carbonyl (C=O) groups is 3. The van der Waals surface area contributed by atoms with E-state index in [4.69, 9.17) is 27.9 Å². The van der Waals surface area contributed by atoms with Crippen molar-refractivity contribution < 1.29 is 23.5 Å². The number of carbonyl (C=O) groups excluding carboxylic acids is 3. The molecule has 0 aliphatic carbocycles. The fourth-order valence-electron chi connectivity index (χ4n) is 3.37. The van der Waals surface area contributed by atoms with Crippen molar-refractivity contribution >= 4 is 63.8 Å². The molecule has 0 unspecified atom stereocenters. The number of nitrogens with one attached hydrogen (secondary N) is 1. The zero-order valence-electron chi connectivity index (χ0n) is 18.8. The number of hydrogen-bond acceptors (Lipinski definition) is 6. The van der Waals surface area contributed by atoms with Gasteiger partial charge >= 0.3 is 0 Å². The topological polar surface area (TPSA) is 99.5 Å². The van der Waals surface area contributed by atoms with Crippen LogP contribution in [0.4, 0.5) is 14.9 Å². The first-order chi connectivity index (χ1) is 17.7. The lowest BCUT2D eigenvalue weighted by atomic mass is 10.1. The third-order valence-corrected chi connectivity index (χ3v) is 6.60. The Morgan fingerprint density at radius 2 is 1.78 bits per heavy atom. The average Bonchev–Trinajstić information content (AvgIpc) is 3.12. The second-order valence-electron chi connectivity index (χ2n) is 7.69. The van der Waals surface area contributed by atoms with Crippen LogP contribution in [-0.2, 0) is 16.2 Å². The molecular formula is C26H16Cl2FN3O4S. The number of imide groups is 1. The number of benzene rings is 3. The molecule has 3 aromatic carbocycles. The molecule has 1 aliphatic rings. The van der Waals surface area contributed by atoms with Crippen LogP contribution < -0.4 is 10.1 Å². The van der Waals surface area contributed by atoms with Crippen molar-refractivity contribution in [3.05, 3.63) is 98.1 Å². The Bertz CT molecular complexity index is 1450. The summed E-state index contributed by atoms with van der Waals surface area (Å²) in [7, 11) is 0. The molecule has 0 spiro atoms. The van der Waals surface area contributed by atoms with E-state index in [2.05, 4.69) is 11.4 Å². The monoisotopic (exact) mass is 555 g/mol. The second kappa shape index (κ2) is 11.5. The molecule has 3 amide bonds. The largest absolute Gasteiger partial charge is 0.486 e. The summed E-state index contributed by atoms with van der Waals surface area (Å²) in [6, 6.07) is 17.2. The molecule has 1 N–H and O–H groups in total. The van der Waals surface area contributed by atoms with Gasteiger partial charge < -0.3 is 10.1 Å². The van der Waals surface area contributed by atoms with Crippen LogP contribution in [0.25, 0.3) is 6.08 Å². The van der Waals surface area contributed by atoms with E-state index >= 15 is 0 Å². The number of amides is 3. The number of thioether (sulfide) groups is 1. The first kappa shape index (κ1) is 26.2. The fourth-order valence-corrected chi connectivity index (χ4v) is 4.82. The predicted molar refractivity (Wildman–Crippen MR) is 140 cm³/mol. The number of nitriles is 1. The van der Waals surface area contributed by atoms with Gasteiger partial charge in [-0.05, 0) is 65.9 Å². The highest BCUT2D eigenvalue weighted by Crippen LogP contribution is 2.38. The lowest BCUT2D eigenvalue weighted by Crippen LogP contribution is -2.36. The van der Waals surface area contributed by atoms with Crippen molar-refractivity contribution in [2.24, 2.45) is 0 Å². The van der Waals surface area contributed by atoms with Crippen molar-refractivity contribution in [3.63, 3.8) is 0 Å². The maximum Gasteiger partial charge on any atom is 0.294 e. The highest BCUT2D eigenvalue weighted by Gasteiger charge is 2.36. The van der Waals surface area contributed by atoms with Gasteiger partial charge in [-0.15, -0.1) is 0 Å². The van der Waals surface area contributed by atoms with Crippen LogP contribution in [0.15, 0.2) is 65.6 Å². The van der Waals surface area contributed by atoms with Crippen molar-refractivity contribution in [1.29, 1.82) is 5.26 Å². The fraction of sp³-hybridized carbons (Fsp3) is 0.0769. The number of halogens is 3. The van der Waals surface area contributed by atoms with Gasteiger partial charge in [-0.1, -0.05) is 41.4 Å².